The van der Waals surface area contributed by atoms with Gasteiger partial charge in [0.2, 0.25) is 0 Å². The molecule has 0 unspecified atom stereocenters. The molecule has 0 atom stereocenters. The lowest BCUT2D eigenvalue weighted by atomic mass is 10.1. The lowest BCUT2D eigenvalue weighted by Crippen LogP contribution is -2.54. The van der Waals surface area contributed by atoms with Crippen LogP contribution in [0.5, 0.6) is 0 Å². The summed E-state index contributed by atoms with van der Waals surface area (Å²) in [5, 5.41) is 6.05. The van der Waals surface area contributed by atoms with E-state index < -0.39 is 5.66 Å². The fourth-order valence-electron chi connectivity index (χ4n) is 1.76. The predicted molar refractivity (Wildman–Crippen MR) is 62.9 cm³/mol. The van der Waals surface area contributed by atoms with E-state index in [2.05, 4.69) is 31.1 Å². The molecule has 0 aromatic heterocycles. The van der Waals surface area contributed by atoms with Gasteiger partial charge in [-0.15, -0.1) is 0 Å². The van der Waals surface area contributed by atoms with E-state index in [0.717, 1.165) is 5.69 Å². The molecule has 4 nitrogen and oxygen atoms in total. The van der Waals surface area contributed by atoms with Gasteiger partial charge in [-0.25, -0.2) is 0 Å². The van der Waals surface area contributed by atoms with Gasteiger partial charge < -0.3 is 11.5 Å². The molecule has 1 aliphatic rings. The standard InChI is InChI=1S/C11H16N4/c1-8-3-4-10(9(2)5-8)15-7-11(12,13)6-14-15/h3-6H,7,12-13H2,1-2H3. The van der Waals surface area contributed by atoms with Gasteiger partial charge in [0, 0.05) is 0 Å². The molecule has 0 fully saturated rings. The topological polar surface area (TPSA) is 67.6 Å². The van der Waals surface area contributed by atoms with E-state index in [1.54, 1.807) is 6.21 Å². The fraction of sp³-hybridized carbons (Fsp3) is 0.364. The second-order valence-corrected chi connectivity index (χ2v) is 4.20. The number of aryl methyl sites for hydroxylation is 2. The molecular weight excluding hydrogens is 188 g/mol. The summed E-state index contributed by atoms with van der Waals surface area (Å²) in [7, 11) is 0. The Morgan fingerprint density at radius 2 is 2.07 bits per heavy atom. The van der Waals surface area contributed by atoms with Crippen molar-refractivity contribution in [3.63, 3.8) is 0 Å². The van der Waals surface area contributed by atoms with Crippen LogP contribution in [0.25, 0.3) is 0 Å². The summed E-state index contributed by atoms with van der Waals surface area (Å²) in [5.74, 6) is 0. The van der Waals surface area contributed by atoms with Gasteiger partial charge in [-0.3, -0.25) is 5.01 Å². The molecule has 0 spiro atoms. The Kier molecular flexibility index (Phi) is 2.25. The number of hydrogen-bond acceptors (Lipinski definition) is 4. The molecule has 80 valence electrons. The molecule has 4 N–H and O–H groups in total. The molecule has 0 radical (unpaired) electrons. The summed E-state index contributed by atoms with van der Waals surface area (Å²) >= 11 is 0. The maximum absolute atomic E-state index is 5.77. The highest BCUT2D eigenvalue weighted by molar-refractivity contribution is 5.75. The van der Waals surface area contributed by atoms with Crippen LogP contribution in [-0.4, -0.2) is 18.4 Å². The summed E-state index contributed by atoms with van der Waals surface area (Å²) < 4.78 is 0. The van der Waals surface area contributed by atoms with Gasteiger partial charge in [0.1, 0.15) is 5.66 Å². The van der Waals surface area contributed by atoms with E-state index in [9.17, 15) is 0 Å². The van der Waals surface area contributed by atoms with Crippen LogP contribution < -0.4 is 16.5 Å². The van der Waals surface area contributed by atoms with Crippen molar-refractivity contribution in [3.05, 3.63) is 29.3 Å². The van der Waals surface area contributed by atoms with Crippen molar-refractivity contribution in [2.45, 2.75) is 19.5 Å². The largest absolute Gasteiger partial charge is 0.307 e. The summed E-state index contributed by atoms with van der Waals surface area (Å²) in [6.45, 7) is 4.65. The number of nitrogens with zero attached hydrogens (tertiary/aromatic N) is 2. The van der Waals surface area contributed by atoms with E-state index in [4.69, 9.17) is 11.5 Å². The third kappa shape index (κ3) is 2.00. The summed E-state index contributed by atoms with van der Waals surface area (Å²) in [4.78, 5) is 0. The van der Waals surface area contributed by atoms with Crippen LogP contribution in [0.1, 0.15) is 11.1 Å². The van der Waals surface area contributed by atoms with Crippen molar-refractivity contribution in [1.82, 2.24) is 0 Å². The third-order valence-corrected chi connectivity index (χ3v) is 2.49. The minimum absolute atomic E-state index is 0.525. The first kappa shape index (κ1) is 10.1. The normalized spacial score (nSPS) is 18.5. The average molecular weight is 204 g/mol. The molecule has 0 aliphatic carbocycles. The Labute approximate surface area is 89.6 Å². The van der Waals surface area contributed by atoms with Crippen LogP contribution in [0.4, 0.5) is 5.69 Å². The monoisotopic (exact) mass is 204 g/mol. The summed E-state index contributed by atoms with van der Waals surface area (Å²) in [5.41, 5.74) is 14.2. The maximum atomic E-state index is 5.77. The van der Waals surface area contributed by atoms with Crippen molar-refractivity contribution in [3.8, 4) is 0 Å². The average Bonchev–Trinajstić information content (AvgIpc) is 2.46. The predicted octanol–water partition coefficient (Wildman–Crippen LogP) is 0.723. The van der Waals surface area contributed by atoms with Crippen molar-refractivity contribution >= 4 is 11.9 Å². The van der Waals surface area contributed by atoms with Gasteiger partial charge in [0.25, 0.3) is 0 Å². The Bertz CT molecular complexity index is 409. The molecule has 15 heavy (non-hydrogen) atoms. The summed E-state index contributed by atoms with van der Waals surface area (Å²) in [6, 6.07) is 6.23. The van der Waals surface area contributed by atoms with E-state index in [-0.39, 0.29) is 0 Å². The van der Waals surface area contributed by atoms with Gasteiger partial charge in [-0.2, -0.15) is 5.10 Å². The first-order valence-corrected chi connectivity index (χ1v) is 4.96. The van der Waals surface area contributed by atoms with Crippen LogP contribution in [0.3, 0.4) is 0 Å². The van der Waals surface area contributed by atoms with Crippen LogP contribution in [0, 0.1) is 13.8 Å². The van der Waals surface area contributed by atoms with Crippen molar-refractivity contribution < 1.29 is 0 Å². The second kappa shape index (κ2) is 3.32. The van der Waals surface area contributed by atoms with Crippen molar-refractivity contribution in [1.29, 1.82) is 0 Å². The van der Waals surface area contributed by atoms with Crippen LogP contribution in [0.2, 0.25) is 0 Å². The highest BCUT2D eigenvalue weighted by atomic mass is 15.5. The Morgan fingerprint density at radius 3 is 2.60 bits per heavy atom. The molecule has 0 bridgehead atoms. The molecule has 0 saturated heterocycles. The lowest BCUT2D eigenvalue weighted by Gasteiger charge is -2.21. The van der Waals surface area contributed by atoms with E-state index >= 15 is 0 Å². The molecular formula is C11H16N4. The number of rotatable bonds is 1. The Balaban J connectivity index is 2.29. The van der Waals surface area contributed by atoms with E-state index in [1.807, 2.05) is 11.1 Å². The number of anilines is 1. The quantitative estimate of drug-likeness (QED) is 0.662. The molecule has 1 aliphatic heterocycles. The maximum Gasteiger partial charge on any atom is 0.122 e. The van der Waals surface area contributed by atoms with Gasteiger partial charge in [0.15, 0.2) is 0 Å². The molecule has 1 heterocycles. The highest BCUT2D eigenvalue weighted by Gasteiger charge is 2.27. The number of hydrogen-bond donors (Lipinski definition) is 2. The highest BCUT2D eigenvalue weighted by Crippen LogP contribution is 2.23. The number of nitrogens with two attached hydrogens (primary N) is 2. The third-order valence-electron chi connectivity index (χ3n) is 2.49. The zero-order chi connectivity index (χ0) is 11.1. The van der Waals surface area contributed by atoms with Crippen LogP contribution in [0.15, 0.2) is 23.3 Å². The second-order valence-electron chi connectivity index (χ2n) is 4.20. The number of hydrazone groups is 1. The minimum atomic E-state index is -0.808. The lowest BCUT2D eigenvalue weighted by molar-refractivity contribution is 0.623. The zero-order valence-electron chi connectivity index (χ0n) is 9.07. The molecule has 2 rings (SSSR count). The van der Waals surface area contributed by atoms with Crippen molar-refractivity contribution in [2.75, 3.05) is 11.6 Å². The SMILES string of the molecule is Cc1ccc(N2CC(N)(N)C=N2)c(C)c1. The Hall–Kier alpha value is -1.39. The zero-order valence-corrected chi connectivity index (χ0v) is 9.07. The Morgan fingerprint density at radius 1 is 1.33 bits per heavy atom. The van der Waals surface area contributed by atoms with Gasteiger partial charge in [-0.1, -0.05) is 17.7 Å². The summed E-state index contributed by atoms with van der Waals surface area (Å²) in [6.07, 6.45) is 1.59. The molecule has 0 saturated carbocycles. The smallest absolute Gasteiger partial charge is 0.122 e. The minimum Gasteiger partial charge on any atom is -0.307 e. The molecule has 1 aromatic rings. The van der Waals surface area contributed by atoms with E-state index in [0.29, 0.717) is 6.54 Å². The van der Waals surface area contributed by atoms with Gasteiger partial charge >= 0.3 is 0 Å². The van der Waals surface area contributed by atoms with Crippen molar-refractivity contribution in [2.24, 2.45) is 16.6 Å². The molecule has 0 amide bonds. The first-order chi connectivity index (χ1) is 6.98. The van der Waals surface area contributed by atoms with E-state index in [1.165, 1.54) is 11.1 Å². The van der Waals surface area contributed by atoms with Gasteiger partial charge in [0.05, 0.1) is 18.4 Å². The fourth-order valence-corrected chi connectivity index (χ4v) is 1.76. The number of benzene rings is 1. The van der Waals surface area contributed by atoms with Crippen LogP contribution >= 0.6 is 0 Å². The molecule has 1 aromatic carbocycles. The van der Waals surface area contributed by atoms with Crippen LogP contribution in [-0.2, 0) is 0 Å². The van der Waals surface area contributed by atoms with Gasteiger partial charge in [-0.05, 0) is 25.5 Å². The molecule has 4 heteroatoms. The first-order valence-electron chi connectivity index (χ1n) is 4.96.